The van der Waals surface area contributed by atoms with Gasteiger partial charge in [0, 0.05) is 45.3 Å². The lowest BCUT2D eigenvalue weighted by Crippen LogP contribution is -2.46. The van der Waals surface area contributed by atoms with E-state index in [4.69, 9.17) is 14.1 Å². The van der Waals surface area contributed by atoms with Crippen LogP contribution in [0.5, 0.6) is 0 Å². The molecule has 5 heteroatoms. The third kappa shape index (κ3) is 4.61. The maximum atomic E-state index is 5.62. The third-order valence-corrected chi connectivity index (χ3v) is 6.29. The number of guanidine groups is 1. The van der Waals surface area contributed by atoms with E-state index in [-0.39, 0.29) is 0 Å². The van der Waals surface area contributed by atoms with Crippen LogP contribution in [-0.2, 0) is 11.2 Å². The van der Waals surface area contributed by atoms with E-state index >= 15 is 0 Å². The molecule has 2 aliphatic heterocycles. The first kappa shape index (κ1) is 17.9. The molecule has 1 N–H and O–H groups in total. The Morgan fingerprint density at radius 3 is 2.85 bits per heavy atom. The topological polar surface area (TPSA) is 50.0 Å². The number of ether oxygens (including phenoxy) is 1. The Labute approximate surface area is 157 Å². The highest BCUT2D eigenvalue weighted by molar-refractivity contribution is 5.80. The van der Waals surface area contributed by atoms with Crippen molar-refractivity contribution in [3.05, 3.63) is 24.2 Å². The fourth-order valence-electron chi connectivity index (χ4n) is 4.68. The highest BCUT2D eigenvalue weighted by Gasteiger charge is 2.33. The number of aliphatic imine (C=N–C) groups is 1. The van der Waals surface area contributed by atoms with Gasteiger partial charge in [-0.25, -0.2) is 0 Å². The van der Waals surface area contributed by atoms with Crippen molar-refractivity contribution in [1.82, 2.24) is 10.2 Å². The molecule has 2 unspecified atom stereocenters. The molecular formula is C21H33N3O2. The number of hydrogen-bond acceptors (Lipinski definition) is 3. The zero-order valence-corrected chi connectivity index (χ0v) is 15.9. The fourth-order valence-corrected chi connectivity index (χ4v) is 4.68. The van der Waals surface area contributed by atoms with Crippen molar-refractivity contribution >= 4 is 5.96 Å². The van der Waals surface area contributed by atoms with Gasteiger partial charge in [-0.05, 0) is 49.7 Å². The quantitative estimate of drug-likeness (QED) is 0.646. The molecule has 144 valence electrons. The van der Waals surface area contributed by atoms with Crippen LogP contribution in [0.2, 0.25) is 0 Å². The molecule has 0 aromatic carbocycles. The Morgan fingerprint density at radius 2 is 2.08 bits per heavy atom. The molecule has 0 radical (unpaired) electrons. The minimum atomic E-state index is 0.597. The summed E-state index contributed by atoms with van der Waals surface area (Å²) >= 11 is 0. The van der Waals surface area contributed by atoms with E-state index in [1.165, 1.54) is 44.9 Å². The maximum absolute atomic E-state index is 5.62. The van der Waals surface area contributed by atoms with Crippen LogP contribution in [0, 0.1) is 11.8 Å². The van der Waals surface area contributed by atoms with E-state index in [1.807, 2.05) is 12.1 Å². The minimum absolute atomic E-state index is 0.597. The van der Waals surface area contributed by atoms with Crippen LogP contribution in [0.15, 0.2) is 27.8 Å². The van der Waals surface area contributed by atoms with Crippen LogP contribution < -0.4 is 5.32 Å². The summed E-state index contributed by atoms with van der Waals surface area (Å²) in [4.78, 5) is 7.48. The zero-order chi connectivity index (χ0) is 17.6. The summed E-state index contributed by atoms with van der Waals surface area (Å²) in [7, 11) is 0. The van der Waals surface area contributed by atoms with Gasteiger partial charge in [0.25, 0.3) is 0 Å². The molecule has 3 heterocycles. The van der Waals surface area contributed by atoms with E-state index < -0.39 is 0 Å². The average Bonchev–Trinajstić information content (AvgIpc) is 3.42. The van der Waals surface area contributed by atoms with Crippen molar-refractivity contribution in [2.75, 3.05) is 32.8 Å². The normalized spacial score (nSPS) is 28.0. The molecule has 4 rings (SSSR count). The molecule has 1 aliphatic carbocycles. The Kier molecular flexibility index (Phi) is 6.15. The number of hydrogen-bond donors (Lipinski definition) is 1. The SMILES string of the molecule is c1coc(CCN=C(NC2CCCCC2)N2CCC(C3CCOC3)C2)c1. The number of nitrogens with zero attached hydrogens (tertiary/aromatic N) is 2. The molecule has 2 atom stereocenters. The molecule has 3 aliphatic rings. The van der Waals surface area contributed by atoms with Crippen molar-refractivity contribution in [3.8, 4) is 0 Å². The Hall–Kier alpha value is -1.49. The molecule has 2 saturated heterocycles. The second-order valence-corrected chi connectivity index (χ2v) is 8.13. The Balaban J connectivity index is 1.37. The van der Waals surface area contributed by atoms with E-state index in [0.717, 1.165) is 62.8 Å². The summed E-state index contributed by atoms with van der Waals surface area (Å²) in [6.07, 6.45) is 11.8. The second-order valence-electron chi connectivity index (χ2n) is 8.13. The van der Waals surface area contributed by atoms with Gasteiger partial charge in [-0.2, -0.15) is 0 Å². The fraction of sp³-hybridized carbons (Fsp3) is 0.762. The van der Waals surface area contributed by atoms with Crippen molar-refractivity contribution in [1.29, 1.82) is 0 Å². The molecule has 1 aromatic heterocycles. The molecule has 3 fully saturated rings. The monoisotopic (exact) mass is 359 g/mol. The first-order valence-electron chi connectivity index (χ1n) is 10.5. The molecule has 0 spiro atoms. The van der Waals surface area contributed by atoms with Crippen LogP contribution in [0.25, 0.3) is 0 Å². The van der Waals surface area contributed by atoms with Gasteiger partial charge in [-0.1, -0.05) is 19.3 Å². The highest BCUT2D eigenvalue weighted by atomic mass is 16.5. The number of likely N-dealkylation sites (tertiary alicyclic amines) is 1. The Bertz CT molecular complexity index is 560. The summed E-state index contributed by atoms with van der Waals surface area (Å²) in [5.41, 5.74) is 0. The predicted octanol–water partition coefficient (Wildman–Crippen LogP) is 3.46. The van der Waals surface area contributed by atoms with E-state index in [9.17, 15) is 0 Å². The van der Waals surface area contributed by atoms with Crippen molar-refractivity contribution in [3.63, 3.8) is 0 Å². The highest BCUT2D eigenvalue weighted by Crippen LogP contribution is 2.30. The van der Waals surface area contributed by atoms with E-state index in [0.29, 0.717) is 6.04 Å². The van der Waals surface area contributed by atoms with Gasteiger partial charge in [0.1, 0.15) is 5.76 Å². The van der Waals surface area contributed by atoms with Gasteiger partial charge in [0.2, 0.25) is 0 Å². The first-order valence-corrected chi connectivity index (χ1v) is 10.5. The predicted molar refractivity (Wildman–Crippen MR) is 103 cm³/mol. The van der Waals surface area contributed by atoms with Gasteiger partial charge in [0.15, 0.2) is 5.96 Å². The number of furan rings is 1. The lowest BCUT2D eigenvalue weighted by Gasteiger charge is -2.29. The van der Waals surface area contributed by atoms with Gasteiger partial charge in [-0.15, -0.1) is 0 Å². The summed E-state index contributed by atoms with van der Waals surface area (Å²) < 4.78 is 11.1. The lowest BCUT2D eigenvalue weighted by atomic mass is 9.91. The minimum Gasteiger partial charge on any atom is -0.469 e. The third-order valence-electron chi connectivity index (χ3n) is 6.29. The van der Waals surface area contributed by atoms with Crippen molar-refractivity contribution in [2.45, 2.75) is 57.4 Å². The molecule has 5 nitrogen and oxygen atoms in total. The van der Waals surface area contributed by atoms with Crippen LogP contribution in [0.1, 0.15) is 50.7 Å². The van der Waals surface area contributed by atoms with Crippen LogP contribution >= 0.6 is 0 Å². The van der Waals surface area contributed by atoms with Gasteiger partial charge in [0.05, 0.1) is 6.26 Å². The van der Waals surface area contributed by atoms with Crippen molar-refractivity contribution in [2.24, 2.45) is 16.8 Å². The number of nitrogens with one attached hydrogen (secondary N) is 1. The zero-order valence-electron chi connectivity index (χ0n) is 15.9. The van der Waals surface area contributed by atoms with Crippen LogP contribution in [0.4, 0.5) is 0 Å². The van der Waals surface area contributed by atoms with E-state index in [1.54, 1.807) is 6.26 Å². The smallest absolute Gasteiger partial charge is 0.194 e. The maximum Gasteiger partial charge on any atom is 0.194 e. The number of rotatable bonds is 5. The summed E-state index contributed by atoms with van der Waals surface area (Å²) in [6, 6.07) is 4.59. The van der Waals surface area contributed by atoms with Crippen LogP contribution in [-0.4, -0.2) is 49.7 Å². The van der Waals surface area contributed by atoms with Crippen molar-refractivity contribution < 1.29 is 9.15 Å². The Morgan fingerprint density at radius 1 is 1.15 bits per heavy atom. The summed E-state index contributed by atoms with van der Waals surface area (Å²) in [5, 5.41) is 3.80. The standard InChI is InChI=1S/C21H33N3O2/c1-2-5-19(6-3-1)23-21(22-11-8-20-7-4-13-26-20)24-12-9-17(15-24)18-10-14-25-16-18/h4,7,13,17-19H,1-3,5-6,8-12,14-16H2,(H,22,23). The molecule has 26 heavy (non-hydrogen) atoms. The summed E-state index contributed by atoms with van der Waals surface area (Å²) in [5.74, 6) is 3.66. The first-order chi connectivity index (χ1) is 12.9. The molecule has 1 aromatic rings. The van der Waals surface area contributed by atoms with Crippen LogP contribution in [0.3, 0.4) is 0 Å². The summed E-state index contributed by atoms with van der Waals surface area (Å²) in [6.45, 7) is 4.95. The van der Waals surface area contributed by atoms with Gasteiger partial charge in [-0.3, -0.25) is 4.99 Å². The molecule has 0 amide bonds. The molecular weight excluding hydrogens is 326 g/mol. The largest absolute Gasteiger partial charge is 0.469 e. The lowest BCUT2D eigenvalue weighted by molar-refractivity contribution is 0.173. The van der Waals surface area contributed by atoms with Gasteiger partial charge >= 0.3 is 0 Å². The van der Waals surface area contributed by atoms with Gasteiger partial charge < -0.3 is 19.4 Å². The molecule has 0 bridgehead atoms. The van der Waals surface area contributed by atoms with E-state index in [2.05, 4.69) is 10.2 Å². The second kappa shape index (κ2) is 8.94. The molecule has 1 saturated carbocycles. The average molecular weight is 360 g/mol.